The fraction of sp³-hybridized carbons (Fsp3) is 0.704. The predicted molar refractivity (Wildman–Crippen MR) is 135 cm³/mol. The zero-order valence-corrected chi connectivity index (χ0v) is 21.4. The highest BCUT2D eigenvalue weighted by Gasteiger charge is 2.36. The van der Waals surface area contributed by atoms with Crippen molar-refractivity contribution in [3.63, 3.8) is 0 Å². The summed E-state index contributed by atoms with van der Waals surface area (Å²) < 4.78 is 19.2. The van der Waals surface area contributed by atoms with E-state index in [1.54, 1.807) is 11.0 Å². The third kappa shape index (κ3) is 6.46. The van der Waals surface area contributed by atoms with Crippen LogP contribution in [0, 0.1) is 11.7 Å². The van der Waals surface area contributed by atoms with Gasteiger partial charge in [-0.25, -0.2) is 9.18 Å². The summed E-state index contributed by atoms with van der Waals surface area (Å²) in [5.41, 5.74) is 1.87. The summed E-state index contributed by atoms with van der Waals surface area (Å²) in [5, 5.41) is 6.19. The number of benzene rings is 1. The molecule has 7 nitrogen and oxygen atoms in total. The van der Waals surface area contributed by atoms with Crippen molar-refractivity contribution < 1.29 is 18.7 Å². The molecule has 1 aromatic rings. The number of carbonyl (C=O) groups excluding carboxylic acids is 2. The second-order valence-corrected chi connectivity index (χ2v) is 11.2. The van der Waals surface area contributed by atoms with E-state index in [1.807, 2.05) is 13.0 Å². The maximum Gasteiger partial charge on any atom is 0.318 e. The molecule has 3 amide bonds. The van der Waals surface area contributed by atoms with Crippen molar-refractivity contribution in [3.05, 3.63) is 29.6 Å². The van der Waals surface area contributed by atoms with Gasteiger partial charge in [-0.05, 0) is 43.0 Å². The first-order chi connectivity index (χ1) is 16.7. The Morgan fingerprint density at radius 2 is 1.86 bits per heavy atom. The van der Waals surface area contributed by atoms with Gasteiger partial charge in [0.15, 0.2) is 0 Å². The highest BCUT2D eigenvalue weighted by Crippen LogP contribution is 2.40. The van der Waals surface area contributed by atoms with Gasteiger partial charge < -0.3 is 25.2 Å². The van der Waals surface area contributed by atoms with Crippen LogP contribution < -0.4 is 15.5 Å². The van der Waals surface area contributed by atoms with Crippen molar-refractivity contribution >= 4 is 17.6 Å². The molecule has 8 heteroatoms. The molecule has 4 rings (SSSR count). The lowest BCUT2D eigenvalue weighted by Gasteiger charge is -2.32. The number of rotatable bonds is 7. The van der Waals surface area contributed by atoms with E-state index in [-0.39, 0.29) is 29.2 Å². The lowest BCUT2D eigenvalue weighted by atomic mass is 9.84. The molecule has 2 fully saturated rings. The lowest BCUT2D eigenvalue weighted by molar-refractivity contribution is -0.124. The SMILES string of the molecule is C[C@@H](CN1CC(C)(C)c2cc(F)ccc21)NC(=O)[C@H](CC1CCCCC1)NC(=O)N1CCOCC1. The molecular weight excluding hydrogens is 447 g/mol. The van der Waals surface area contributed by atoms with E-state index >= 15 is 0 Å². The van der Waals surface area contributed by atoms with E-state index in [4.69, 9.17) is 4.74 Å². The van der Waals surface area contributed by atoms with Gasteiger partial charge in [0, 0.05) is 43.3 Å². The molecule has 0 radical (unpaired) electrons. The summed E-state index contributed by atoms with van der Waals surface area (Å²) in [6, 6.07) is 4.10. The van der Waals surface area contributed by atoms with E-state index < -0.39 is 6.04 Å². The van der Waals surface area contributed by atoms with Gasteiger partial charge in [0.05, 0.1) is 13.2 Å². The first-order valence-corrected chi connectivity index (χ1v) is 13.2. The van der Waals surface area contributed by atoms with E-state index in [1.165, 1.54) is 25.3 Å². The van der Waals surface area contributed by atoms with Crippen LogP contribution in [0.1, 0.15) is 64.9 Å². The molecule has 2 N–H and O–H groups in total. The summed E-state index contributed by atoms with van der Waals surface area (Å²) >= 11 is 0. The number of hydrogen-bond donors (Lipinski definition) is 2. The Kier molecular flexibility index (Phi) is 8.19. The van der Waals surface area contributed by atoms with Crippen LogP contribution in [0.2, 0.25) is 0 Å². The van der Waals surface area contributed by atoms with Crippen molar-refractivity contribution in [2.75, 3.05) is 44.3 Å². The van der Waals surface area contributed by atoms with Gasteiger partial charge >= 0.3 is 6.03 Å². The number of amides is 3. The first-order valence-electron chi connectivity index (χ1n) is 13.2. The van der Waals surface area contributed by atoms with Crippen molar-refractivity contribution in [3.8, 4) is 0 Å². The number of urea groups is 1. The zero-order valence-electron chi connectivity index (χ0n) is 21.4. The van der Waals surface area contributed by atoms with Crippen molar-refractivity contribution in [1.82, 2.24) is 15.5 Å². The van der Waals surface area contributed by atoms with Crippen LogP contribution in [0.15, 0.2) is 18.2 Å². The van der Waals surface area contributed by atoms with Gasteiger partial charge in [0.2, 0.25) is 5.91 Å². The maximum absolute atomic E-state index is 13.9. The Balaban J connectivity index is 1.39. The number of anilines is 1. The number of morpholine rings is 1. The summed E-state index contributed by atoms with van der Waals surface area (Å²) in [6.45, 7) is 9.78. The van der Waals surface area contributed by atoms with Gasteiger partial charge in [0.25, 0.3) is 0 Å². The van der Waals surface area contributed by atoms with Crippen LogP contribution in [-0.4, -0.2) is 68.3 Å². The van der Waals surface area contributed by atoms with Gasteiger partial charge in [-0.2, -0.15) is 0 Å². The van der Waals surface area contributed by atoms with Gasteiger partial charge in [-0.15, -0.1) is 0 Å². The maximum atomic E-state index is 13.9. The Morgan fingerprint density at radius 1 is 1.14 bits per heavy atom. The summed E-state index contributed by atoms with van der Waals surface area (Å²) in [4.78, 5) is 30.3. The predicted octanol–water partition coefficient (Wildman–Crippen LogP) is 3.81. The molecule has 0 spiro atoms. The van der Waals surface area contributed by atoms with Crippen molar-refractivity contribution in [1.29, 1.82) is 0 Å². The Morgan fingerprint density at radius 3 is 2.57 bits per heavy atom. The molecule has 2 heterocycles. The molecule has 3 aliphatic rings. The topological polar surface area (TPSA) is 73.9 Å². The highest BCUT2D eigenvalue weighted by atomic mass is 19.1. The van der Waals surface area contributed by atoms with Crippen LogP contribution in [0.25, 0.3) is 0 Å². The van der Waals surface area contributed by atoms with E-state index in [0.29, 0.717) is 45.2 Å². The van der Waals surface area contributed by atoms with Crippen molar-refractivity contribution in [2.45, 2.75) is 76.8 Å². The molecule has 2 atom stereocenters. The van der Waals surface area contributed by atoms with E-state index in [0.717, 1.165) is 30.6 Å². The number of ether oxygens (including phenoxy) is 1. The van der Waals surface area contributed by atoms with Crippen LogP contribution in [0.5, 0.6) is 0 Å². The Hall–Kier alpha value is -2.35. The number of carbonyl (C=O) groups is 2. The quantitative estimate of drug-likeness (QED) is 0.612. The van der Waals surface area contributed by atoms with E-state index in [2.05, 4.69) is 29.4 Å². The first kappa shape index (κ1) is 25.7. The normalized spacial score (nSPS) is 21.8. The molecule has 1 saturated carbocycles. The monoisotopic (exact) mass is 488 g/mol. The minimum atomic E-state index is -0.549. The van der Waals surface area contributed by atoms with Gasteiger partial charge in [-0.3, -0.25) is 4.79 Å². The number of nitrogens with one attached hydrogen (secondary N) is 2. The molecule has 35 heavy (non-hydrogen) atoms. The van der Waals surface area contributed by atoms with Crippen molar-refractivity contribution in [2.24, 2.45) is 5.92 Å². The fourth-order valence-corrected chi connectivity index (χ4v) is 5.85. The van der Waals surface area contributed by atoms with Gasteiger partial charge in [0.1, 0.15) is 11.9 Å². The summed E-state index contributed by atoms with van der Waals surface area (Å²) in [5.74, 6) is 0.116. The smallest absolute Gasteiger partial charge is 0.318 e. The molecule has 1 aliphatic carbocycles. The molecule has 0 aromatic heterocycles. The Labute approximate surface area is 208 Å². The second-order valence-electron chi connectivity index (χ2n) is 11.2. The molecule has 2 aliphatic heterocycles. The molecular formula is C27H41FN4O3. The fourth-order valence-electron chi connectivity index (χ4n) is 5.85. The van der Waals surface area contributed by atoms with E-state index in [9.17, 15) is 14.0 Å². The van der Waals surface area contributed by atoms with Crippen LogP contribution >= 0.6 is 0 Å². The number of nitrogens with zero attached hydrogens (tertiary/aromatic N) is 2. The molecule has 194 valence electrons. The minimum absolute atomic E-state index is 0.122. The third-order valence-corrected chi connectivity index (χ3v) is 7.70. The summed E-state index contributed by atoms with van der Waals surface area (Å²) in [6.07, 6.45) is 6.54. The largest absolute Gasteiger partial charge is 0.378 e. The zero-order chi connectivity index (χ0) is 25.0. The van der Waals surface area contributed by atoms with Crippen LogP contribution in [-0.2, 0) is 14.9 Å². The average Bonchev–Trinajstić information content (AvgIpc) is 3.08. The molecule has 0 unspecified atom stereocenters. The molecule has 1 aromatic carbocycles. The number of hydrogen-bond acceptors (Lipinski definition) is 4. The average molecular weight is 489 g/mol. The van der Waals surface area contributed by atoms with Crippen LogP contribution in [0.4, 0.5) is 14.9 Å². The highest BCUT2D eigenvalue weighted by molar-refractivity contribution is 5.87. The van der Waals surface area contributed by atoms with Gasteiger partial charge in [-0.1, -0.05) is 46.0 Å². The third-order valence-electron chi connectivity index (χ3n) is 7.70. The number of halogens is 1. The molecule has 1 saturated heterocycles. The van der Waals surface area contributed by atoms with Crippen LogP contribution in [0.3, 0.4) is 0 Å². The standard InChI is InChI=1S/C27H41FN4O3/c1-19(17-32-18-27(2,3)22-16-21(28)9-10-24(22)32)29-25(33)23(15-20-7-5-4-6-8-20)30-26(34)31-11-13-35-14-12-31/h9-10,16,19-20,23H,4-8,11-15,17-18H2,1-3H3,(H,29,33)(H,30,34)/t19-,23-/m0/s1. The lowest BCUT2D eigenvalue weighted by Crippen LogP contribution is -2.56. The Bertz CT molecular complexity index is 896. The summed E-state index contributed by atoms with van der Waals surface area (Å²) in [7, 11) is 0. The second kappa shape index (κ2) is 11.1. The molecule has 0 bridgehead atoms. The number of fused-ring (bicyclic) bond motifs is 1. The minimum Gasteiger partial charge on any atom is -0.378 e.